The summed E-state index contributed by atoms with van der Waals surface area (Å²) in [5.41, 5.74) is 3.47. The minimum atomic E-state index is 0.824. The number of aryl methyl sites for hydroxylation is 1. The largest absolute Gasteiger partial charge is 0.325 e. The van der Waals surface area contributed by atoms with Crippen LogP contribution in [0.15, 0.2) is 67.0 Å². The van der Waals surface area contributed by atoms with E-state index in [0.717, 1.165) is 23.7 Å². The van der Waals surface area contributed by atoms with Gasteiger partial charge in [-0.05, 0) is 36.2 Å². The number of anilines is 2. The fourth-order valence-corrected chi connectivity index (χ4v) is 2.19. The molecular weight excluding hydrogens is 246 g/mol. The van der Waals surface area contributed by atoms with Crippen molar-refractivity contribution in [1.82, 2.24) is 9.55 Å². The highest BCUT2D eigenvalue weighted by atomic mass is 15.2. The molecule has 3 nitrogen and oxygen atoms in total. The fraction of sp³-hybridized carbons (Fsp3) is 0.118. The first-order valence-corrected chi connectivity index (χ1v) is 6.81. The molecule has 0 amide bonds. The molecule has 1 aromatic heterocycles. The Labute approximate surface area is 118 Å². The summed E-state index contributed by atoms with van der Waals surface area (Å²) in [5, 5.41) is 3.38. The van der Waals surface area contributed by atoms with Crippen LogP contribution in [0.5, 0.6) is 0 Å². The average Bonchev–Trinajstić information content (AvgIpc) is 2.96. The maximum atomic E-state index is 4.40. The highest BCUT2D eigenvalue weighted by molar-refractivity contribution is 5.57. The van der Waals surface area contributed by atoms with Crippen LogP contribution in [0.25, 0.3) is 5.69 Å². The first-order chi connectivity index (χ1) is 9.86. The van der Waals surface area contributed by atoms with E-state index in [1.807, 2.05) is 29.0 Å². The molecule has 0 aliphatic heterocycles. The van der Waals surface area contributed by atoms with Crippen LogP contribution in [0.4, 0.5) is 11.6 Å². The zero-order valence-electron chi connectivity index (χ0n) is 11.5. The second kappa shape index (κ2) is 5.61. The maximum Gasteiger partial charge on any atom is 0.212 e. The number of hydrogen-bond acceptors (Lipinski definition) is 2. The highest BCUT2D eigenvalue weighted by Gasteiger charge is 2.05. The summed E-state index contributed by atoms with van der Waals surface area (Å²) >= 11 is 0. The number of nitrogens with one attached hydrogen (secondary N) is 1. The normalized spacial score (nSPS) is 10.4. The van der Waals surface area contributed by atoms with Gasteiger partial charge in [0, 0.05) is 23.8 Å². The van der Waals surface area contributed by atoms with Crippen LogP contribution in [0.3, 0.4) is 0 Å². The first-order valence-electron chi connectivity index (χ1n) is 6.81. The van der Waals surface area contributed by atoms with Crippen LogP contribution in [0.2, 0.25) is 0 Å². The van der Waals surface area contributed by atoms with E-state index in [2.05, 4.69) is 53.6 Å². The van der Waals surface area contributed by atoms with Crippen molar-refractivity contribution in [1.29, 1.82) is 0 Å². The molecular formula is C17H17N3. The monoisotopic (exact) mass is 263 g/mol. The summed E-state index contributed by atoms with van der Waals surface area (Å²) in [6.07, 6.45) is 4.79. The summed E-state index contributed by atoms with van der Waals surface area (Å²) in [5.74, 6) is 0.824. The van der Waals surface area contributed by atoms with Crippen molar-refractivity contribution < 1.29 is 0 Å². The van der Waals surface area contributed by atoms with E-state index in [4.69, 9.17) is 0 Å². The molecule has 1 N–H and O–H groups in total. The number of imidazole rings is 1. The van der Waals surface area contributed by atoms with Gasteiger partial charge in [0.2, 0.25) is 5.95 Å². The Balaban J connectivity index is 1.90. The van der Waals surface area contributed by atoms with Crippen LogP contribution < -0.4 is 5.32 Å². The third-order valence-corrected chi connectivity index (χ3v) is 3.27. The lowest BCUT2D eigenvalue weighted by Gasteiger charge is -2.10. The lowest BCUT2D eigenvalue weighted by molar-refractivity contribution is 1.06. The highest BCUT2D eigenvalue weighted by Crippen LogP contribution is 2.19. The summed E-state index contributed by atoms with van der Waals surface area (Å²) < 4.78 is 2.04. The van der Waals surface area contributed by atoms with Crippen molar-refractivity contribution >= 4 is 11.6 Å². The Hall–Kier alpha value is -2.55. The Kier molecular flexibility index (Phi) is 3.50. The number of para-hydroxylation sites is 1. The minimum absolute atomic E-state index is 0.824. The van der Waals surface area contributed by atoms with E-state index >= 15 is 0 Å². The molecule has 3 heteroatoms. The van der Waals surface area contributed by atoms with Crippen molar-refractivity contribution in [2.24, 2.45) is 0 Å². The van der Waals surface area contributed by atoms with Gasteiger partial charge in [-0.3, -0.25) is 4.57 Å². The van der Waals surface area contributed by atoms with Gasteiger partial charge in [-0.25, -0.2) is 4.98 Å². The molecule has 0 spiro atoms. The molecule has 3 rings (SSSR count). The van der Waals surface area contributed by atoms with Crippen LogP contribution >= 0.6 is 0 Å². The number of rotatable bonds is 4. The van der Waals surface area contributed by atoms with Crippen molar-refractivity contribution in [3.8, 4) is 5.69 Å². The van der Waals surface area contributed by atoms with Crippen LogP contribution in [-0.2, 0) is 6.42 Å². The van der Waals surface area contributed by atoms with E-state index in [-0.39, 0.29) is 0 Å². The van der Waals surface area contributed by atoms with Crippen molar-refractivity contribution in [2.75, 3.05) is 5.32 Å². The van der Waals surface area contributed by atoms with Crippen LogP contribution in [0, 0.1) is 0 Å². The lowest BCUT2D eigenvalue weighted by atomic mass is 10.1. The van der Waals surface area contributed by atoms with E-state index in [0.29, 0.717) is 0 Å². The SMILES string of the molecule is CCc1cccc(Nc2nccn2-c2ccccc2)c1. The molecule has 0 fully saturated rings. The molecule has 1 heterocycles. The molecule has 0 bridgehead atoms. The zero-order chi connectivity index (χ0) is 13.8. The Morgan fingerprint density at radius 1 is 1.05 bits per heavy atom. The molecule has 0 saturated heterocycles. The summed E-state index contributed by atoms with van der Waals surface area (Å²) in [4.78, 5) is 4.40. The van der Waals surface area contributed by atoms with Gasteiger partial charge in [-0.1, -0.05) is 37.3 Å². The van der Waals surface area contributed by atoms with E-state index in [1.54, 1.807) is 6.20 Å². The first kappa shape index (κ1) is 12.5. The summed E-state index contributed by atoms with van der Waals surface area (Å²) in [6.45, 7) is 2.16. The Morgan fingerprint density at radius 2 is 1.90 bits per heavy atom. The van der Waals surface area contributed by atoms with Gasteiger partial charge in [0.25, 0.3) is 0 Å². The summed E-state index contributed by atoms with van der Waals surface area (Å²) in [6, 6.07) is 18.6. The van der Waals surface area contributed by atoms with Crippen molar-refractivity contribution in [3.63, 3.8) is 0 Å². The van der Waals surface area contributed by atoms with Gasteiger partial charge < -0.3 is 5.32 Å². The molecule has 0 unspecified atom stereocenters. The van der Waals surface area contributed by atoms with E-state index in [9.17, 15) is 0 Å². The molecule has 20 heavy (non-hydrogen) atoms. The van der Waals surface area contributed by atoms with Gasteiger partial charge >= 0.3 is 0 Å². The van der Waals surface area contributed by atoms with Gasteiger partial charge in [-0.2, -0.15) is 0 Å². The number of aromatic nitrogens is 2. The molecule has 100 valence electrons. The van der Waals surface area contributed by atoms with Gasteiger partial charge in [0.15, 0.2) is 0 Å². The topological polar surface area (TPSA) is 29.9 Å². The molecule has 0 atom stereocenters. The standard InChI is InChI=1S/C17H17N3/c1-2-14-7-6-8-15(13-14)19-17-18-11-12-20(17)16-9-4-3-5-10-16/h3-13H,2H2,1H3,(H,18,19). The number of nitrogens with zero attached hydrogens (tertiary/aromatic N) is 2. The molecule has 2 aromatic carbocycles. The molecule has 0 saturated carbocycles. The fourth-order valence-electron chi connectivity index (χ4n) is 2.19. The molecule has 3 aromatic rings. The average molecular weight is 263 g/mol. The van der Waals surface area contributed by atoms with Gasteiger partial charge in [0.1, 0.15) is 0 Å². The Bertz CT molecular complexity index is 686. The summed E-state index contributed by atoms with van der Waals surface area (Å²) in [7, 11) is 0. The quantitative estimate of drug-likeness (QED) is 0.765. The second-order valence-electron chi connectivity index (χ2n) is 4.64. The van der Waals surface area contributed by atoms with Gasteiger partial charge in [0.05, 0.1) is 0 Å². The zero-order valence-corrected chi connectivity index (χ0v) is 11.5. The minimum Gasteiger partial charge on any atom is -0.325 e. The van der Waals surface area contributed by atoms with Crippen LogP contribution in [-0.4, -0.2) is 9.55 Å². The predicted molar refractivity (Wildman–Crippen MR) is 82.7 cm³/mol. The van der Waals surface area contributed by atoms with E-state index in [1.165, 1.54) is 5.56 Å². The molecule has 0 aliphatic rings. The maximum absolute atomic E-state index is 4.40. The predicted octanol–water partition coefficient (Wildman–Crippen LogP) is 4.18. The molecule has 0 radical (unpaired) electrons. The number of benzene rings is 2. The van der Waals surface area contributed by atoms with E-state index < -0.39 is 0 Å². The second-order valence-corrected chi connectivity index (χ2v) is 4.64. The smallest absolute Gasteiger partial charge is 0.212 e. The molecule has 0 aliphatic carbocycles. The van der Waals surface area contributed by atoms with Crippen LogP contribution in [0.1, 0.15) is 12.5 Å². The van der Waals surface area contributed by atoms with Gasteiger partial charge in [-0.15, -0.1) is 0 Å². The van der Waals surface area contributed by atoms with Crippen molar-refractivity contribution in [3.05, 3.63) is 72.6 Å². The third-order valence-electron chi connectivity index (χ3n) is 3.27. The lowest BCUT2D eigenvalue weighted by Crippen LogP contribution is -2.01. The van der Waals surface area contributed by atoms with Crippen molar-refractivity contribution in [2.45, 2.75) is 13.3 Å². The number of hydrogen-bond donors (Lipinski definition) is 1. The Morgan fingerprint density at radius 3 is 2.70 bits per heavy atom. The third kappa shape index (κ3) is 2.57.